The standard InChI is InChI=1S/C14H26N4O2/c1-10-9-11(10)16-12(15)17-5-7-18(8-6-17)13(19)20-14(2,3)4/h10-11H,5-9H2,1-4H3,(H2,15,16)/t10-,11-/m1/s1. The molecule has 20 heavy (non-hydrogen) atoms. The van der Waals surface area contributed by atoms with Crippen molar-refractivity contribution >= 4 is 12.1 Å². The molecule has 0 spiro atoms. The Morgan fingerprint density at radius 1 is 1.20 bits per heavy atom. The van der Waals surface area contributed by atoms with Crippen molar-refractivity contribution in [3.63, 3.8) is 0 Å². The molecule has 114 valence electrons. The first-order chi connectivity index (χ1) is 9.26. The quantitative estimate of drug-likeness (QED) is 0.580. The molecule has 6 nitrogen and oxygen atoms in total. The van der Waals surface area contributed by atoms with Crippen LogP contribution in [0.2, 0.25) is 0 Å². The molecule has 0 unspecified atom stereocenters. The molecule has 2 rings (SSSR count). The lowest BCUT2D eigenvalue weighted by molar-refractivity contribution is 0.0186. The number of rotatable bonds is 1. The van der Waals surface area contributed by atoms with Gasteiger partial charge in [-0.25, -0.2) is 9.79 Å². The number of carbonyl (C=O) groups is 1. The summed E-state index contributed by atoms with van der Waals surface area (Å²) in [7, 11) is 0. The number of guanidine groups is 1. The number of nitrogens with two attached hydrogens (primary N) is 1. The maximum atomic E-state index is 11.9. The first-order valence-electron chi connectivity index (χ1n) is 7.32. The summed E-state index contributed by atoms with van der Waals surface area (Å²) >= 11 is 0. The fourth-order valence-corrected chi connectivity index (χ4v) is 2.18. The molecule has 0 bridgehead atoms. The Bertz CT molecular complexity index is 394. The summed E-state index contributed by atoms with van der Waals surface area (Å²) in [6.45, 7) is 10.5. The molecular weight excluding hydrogens is 256 g/mol. The van der Waals surface area contributed by atoms with E-state index >= 15 is 0 Å². The molecule has 2 fully saturated rings. The van der Waals surface area contributed by atoms with Crippen LogP contribution in [-0.2, 0) is 4.74 Å². The number of carbonyl (C=O) groups excluding carboxylic acids is 1. The van der Waals surface area contributed by atoms with E-state index in [1.807, 2.05) is 25.7 Å². The number of hydrogen-bond acceptors (Lipinski definition) is 3. The van der Waals surface area contributed by atoms with Gasteiger partial charge in [-0.3, -0.25) is 0 Å². The third-order valence-electron chi connectivity index (χ3n) is 3.62. The third kappa shape index (κ3) is 4.02. The lowest BCUT2D eigenvalue weighted by atomic mass is 10.2. The summed E-state index contributed by atoms with van der Waals surface area (Å²) in [6, 6.07) is 0.402. The molecule has 1 saturated carbocycles. The summed E-state index contributed by atoms with van der Waals surface area (Å²) in [5, 5.41) is 0. The number of piperazine rings is 1. The first-order valence-corrected chi connectivity index (χ1v) is 7.32. The average Bonchev–Trinajstić information content (AvgIpc) is 3.03. The van der Waals surface area contributed by atoms with E-state index in [4.69, 9.17) is 10.5 Å². The van der Waals surface area contributed by atoms with Crippen LogP contribution in [0.4, 0.5) is 4.79 Å². The van der Waals surface area contributed by atoms with Crippen LogP contribution in [0.25, 0.3) is 0 Å². The van der Waals surface area contributed by atoms with Gasteiger partial charge < -0.3 is 20.3 Å². The van der Waals surface area contributed by atoms with Gasteiger partial charge in [0, 0.05) is 26.2 Å². The molecule has 1 heterocycles. The van der Waals surface area contributed by atoms with Gasteiger partial charge in [0.05, 0.1) is 6.04 Å². The van der Waals surface area contributed by atoms with Crippen molar-refractivity contribution in [1.82, 2.24) is 9.80 Å². The zero-order chi connectivity index (χ0) is 14.9. The molecule has 1 amide bonds. The van der Waals surface area contributed by atoms with Crippen molar-refractivity contribution in [2.45, 2.75) is 45.8 Å². The number of amides is 1. The molecule has 0 aromatic carbocycles. The van der Waals surface area contributed by atoms with Crippen LogP contribution in [0.5, 0.6) is 0 Å². The van der Waals surface area contributed by atoms with Crippen molar-refractivity contribution in [2.75, 3.05) is 26.2 Å². The minimum absolute atomic E-state index is 0.247. The van der Waals surface area contributed by atoms with E-state index in [9.17, 15) is 4.79 Å². The van der Waals surface area contributed by atoms with Gasteiger partial charge in [0.15, 0.2) is 5.96 Å². The Morgan fingerprint density at radius 3 is 2.15 bits per heavy atom. The molecule has 6 heteroatoms. The number of nitrogens with zero attached hydrogens (tertiary/aromatic N) is 3. The van der Waals surface area contributed by atoms with Crippen molar-refractivity contribution in [2.24, 2.45) is 16.6 Å². The normalized spacial score (nSPS) is 27.5. The van der Waals surface area contributed by atoms with Gasteiger partial charge in [-0.1, -0.05) is 6.92 Å². The predicted molar refractivity (Wildman–Crippen MR) is 78.6 cm³/mol. The lowest BCUT2D eigenvalue weighted by Crippen LogP contribution is -2.53. The smallest absolute Gasteiger partial charge is 0.410 e. The van der Waals surface area contributed by atoms with Crippen molar-refractivity contribution < 1.29 is 9.53 Å². The Morgan fingerprint density at radius 2 is 1.70 bits per heavy atom. The Balaban J connectivity index is 1.80. The fourth-order valence-electron chi connectivity index (χ4n) is 2.18. The Labute approximate surface area is 121 Å². The van der Waals surface area contributed by atoms with Crippen LogP contribution in [0.3, 0.4) is 0 Å². The maximum Gasteiger partial charge on any atom is 0.410 e. The van der Waals surface area contributed by atoms with E-state index in [0.29, 0.717) is 31.0 Å². The first kappa shape index (κ1) is 14.9. The minimum atomic E-state index is -0.448. The summed E-state index contributed by atoms with van der Waals surface area (Å²) in [5.74, 6) is 1.28. The second-order valence-electron chi connectivity index (χ2n) is 6.72. The fraction of sp³-hybridized carbons (Fsp3) is 0.857. The van der Waals surface area contributed by atoms with E-state index in [2.05, 4.69) is 11.9 Å². The Kier molecular flexibility index (Phi) is 4.11. The van der Waals surface area contributed by atoms with Crippen molar-refractivity contribution in [3.05, 3.63) is 0 Å². The van der Waals surface area contributed by atoms with Crippen molar-refractivity contribution in [1.29, 1.82) is 0 Å². The van der Waals surface area contributed by atoms with E-state index in [0.717, 1.165) is 19.5 Å². The second-order valence-corrected chi connectivity index (χ2v) is 6.72. The van der Waals surface area contributed by atoms with Gasteiger partial charge in [0.1, 0.15) is 5.60 Å². The highest BCUT2D eigenvalue weighted by Crippen LogP contribution is 2.32. The van der Waals surface area contributed by atoms with Gasteiger partial charge in [-0.15, -0.1) is 0 Å². The molecule has 0 aromatic heterocycles. The predicted octanol–water partition coefficient (Wildman–Crippen LogP) is 1.26. The largest absolute Gasteiger partial charge is 0.444 e. The van der Waals surface area contributed by atoms with Crippen molar-refractivity contribution in [3.8, 4) is 0 Å². The SMILES string of the molecule is C[C@@H]1C[C@H]1N=C(N)N1CCN(C(=O)OC(C)(C)C)CC1. The summed E-state index contributed by atoms with van der Waals surface area (Å²) in [5.41, 5.74) is 5.57. The monoisotopic (exact) mass is 282 g/mol. The molecule has 1 aliphatic heterocycles. The zero-order valence-corrected chi connectivity index (χ0v) is 12.9. The van der Waals surface area contributed by atoms with E-state index in [1.54, 1.807) is 4.90 Å². The van der Waals surface area contributed by atoms with E-state index in [-0.39, 0.29) is 6.09 Å². The Hall–Kier alpha value is -1.46. The van der Waals surface area contributed by atoms with Gasteiger partial charge in [-0.05, 0) is 33.1 Å². The topological polar surface area (TPSA) is 71.2 Å². The molecular formula is C14H26N4O2. The zero-order valence-electron chi connectivity index (χ0n) is 12.9. The van der Waals surface area contributed by atoms with Crippen LogP contribution in [0.15, 0.2) is 4.99 Å². The molecule has 2 N–H and O–H groups in total. The average molecular weight is 282 g/mol. The van der Waals surface area contributed by atoms with Gasteiger partial charge in [0.25, 0.3) is 0 Å². The number of ether oxygens (including phenoxy) is 1. The lowest BCUT2D eigenvalue weighted by Gasteiger charge is -2.36. The highest BCUT2D eigenvalue weighted by molar-refractivity contribution is 5.79. The van der Waals surface area contributed by atoms with E-state index < -0.39 is 5.60 Å². The minimum Gasteiger partial charge on any atom is -0.444 e. The maximum absolute atomic E-state index is 11.9. The van der Waals surface area contributed by atoms with Crippen LogP contribution < -0.4 is 5.73 Å². The van der Waals surface area contributed by atoms with Crippen LogP contribution in [-0.4, -0.2) is 59.7 Å². The second kappa shape index (κ2) is 5.50. The summed E-state index contributed by atoms with van der Waals surface area (Å²) in [6.07, 6.45) is 0.891. The number of hydrogen-bond donors (Lipinski definition) is 1. The van der Waals surface area contributed by atoms with E-state index in [1.165, 1.54) is 0 Å². The molecule has 1 saturated heterocycles. The molecule has 0 radical (unpaired) electrons. The van der Waals surface area contributed by atoms with Crippen LogP contribution >= 0.6 is 0 Å². The highest BCUT2D eigenvalue weighted by atomic mass is 16.6. The molecule has 0 aromatic rings. The molecule has 2 atom stereocenters. The van der Waals surface area contributed by atoms with Gasteiger partial charge >= 0.3 is 6.09 Å². The third-order valence-corrected chi connectivity index (χ3v) is 3.62. The highest BCUT2D eigenvalue weighted by Gasteiger charge is 2.33. The van der Waals surface area contributed by atoms with Crippen LogP contribution in [0.1, 0.15) is 34.1 Å². The summed E-state index contributed by atoms with van der Waals surface area (Å²) in [4.78, 5) is 20.2. The summed E-state index contributed by atoms with van der Waals surface area (Å²) < 4.78 is 5.37. The van der Waals surface area contributed by atoms with Gasteiger partial charge in [-0.2, -0.15) is 0 Å². The van der Waals surface area contributed by atoms with Gasteiger partial charge in [0.2, 0.25) is 0 Å². The molecule has 2 aliphatic rings. The molecule has 1 aliphatic carbocycles. The van der Waals surface area contributed by atoms with Crippen LogP contribution in [0, 0.1) is 5.92 Å². The number of aliphatic imine (C=N–C) groups is 1.